The first-order chi connectivity index (χ1) is 8.77. The van der Waals surface area contributed by atoms with Crippen molar-refractivity contribution < 1.29 is 9.66 Å². The lowest BCUT2D eigenvalue weighted by atomic mass is 10.3. The standard InChI is InChI=1S/C12H13N3O3/c16-15(17)12-13-7-9-14(12)8-4-10-18-11-5-2-1-3-6-11/h1-3,5-7,9H,4,8,10H2. The van der Waals surface area contributed by atoms with Crippen LogP contribution in [-0.2, 0) is 6.54 Å². The third-order valence-electron chi connectivity index (χ3n) is 2.41. The van der Waals surface area contributed by atoms with Crippen LogP contribution in [0.1, 0.15) is 6.42 Å². The fourth-order valence-electron chi connectivity index (χ4n) is 1.59. The Morgan fingerprint density at radius 1 is 1.33 bits per heavy atom. The van der Waals surface area contributed by atoms with Crippen molar-refractivity contribution in [3.8, 4) is 5.75 Å². The fourth-order valence-corrected chi connectivity index (χ4v) is 1.59. The minimum Gasteiger partial charge on any atom is -0.493 e. The Bertz CT molecular complexity index is 510. The molecule has 0 aliphatic heterocycles. The summed E-state index contributed by atoms with van der Waals surface area (Å²) < 4.78 is 7.01. The van der Waals surface area contributed by atoms with Crippen molar-refractivity contribution in [3.05, 3.63) is 52.8 Å². The molecule has 0 amide bonds. The van der Waals surface area contributed by atoms with E-state index < -0.39 is 4.92 Å². The maximum atomic E-state index is 10.6. The van der Waals surface area contributed by atoms with E-state index in [1.54, 1.807) is 6.20 Å². The summed E-state index contributed by atoms with van der Waals surface area (Å²) in [6, 6.07) is 9.47. The van der Waals surface area contributed by atoms with Gasteiger partial charge in [0.25, 0.3) is 0 Å². The van der Waals surface area contributed by atoms with Gasteiger partial charge in [-0.2, -0.15) is 0 Å². The van der Waals surface area contributed by atoms with Crippen molar-refractivity contribution >= 4 is 5.95 Å². The van der Waals surface area contributed by atoms with Gasteiger partial charge < -0.3 is 14.9 Å². The third kappa shape index (κ3) is 3.07. The van der Waals surface area contributed by atoms with Crippen molar-refractivity contribution in [3.63, 3.8) is 0 Å². The second kappa shape index (κ2) is 5.81. The number of aromatic nitrogens is 2. The highest BCUT2D eigenvalue weighted by molar-refractivity contribution is 5.20. The smallest absolute Gasteiger partial charge is 0.434 e. The fraction of sp³-hybridized carbons (Fsp3) is 0.250. The Kier molecular flexibility index (Phi) is 3.90. The Morgan fingerprint density at radius 3 is 2.83 bits per heavy atom. The number of benzene rings is 1. The molecule has 0 spiro atoms. The minimum absolute atomic E-state index is 0.130. The van der Waals surface area contributed by atoms with E-state index in [0.29, 0.717) is 19.6 Å². The zero-order valence-corrected chi connectivity index (χ0v) is 9.73. The van der Waals surface area contributed by atoms with E-state index in [4.69, 9.17) is 4.74 Å². The number of ether oxygens (including phenoxy) is 1. The van der Waals surface area contributed by atoms with Crippen molar-refractivity contribution in [2.24, 2.45) is 0 Å². The van der Waals surface area contributed by atoms with Gasteiger partial charge in [0.05, 0.1) is 13.2 Å². The molecule has 6 nitrogen and oxygen atoms in total. The largest absolute Gasteiger partial charge is 0.493 e. The predicted octanol–water partition coefficient (Wildman–Crippen LogP) is 2.26. The molecule has 0 saturated carbocycles. The quantitative estimate of drug-likeness (QED) is 0.446. The van der Waals surface area contributed by atoms with Crippen LogP contribution in [-0.4, -0.2) is 21.1 Å². The average Bonchev–Trinajstić information content (AvgIpc) is 2.84. The highest BCUT2D eigenvalue weighted by atomic mass is 16.6. The summed E-state index contributed by atoms with van der Waals surface area (Å²) in [5.74, 6) is 0.673. The molecule has 18 heavy (non-hydrogen) atoms. The lowest BCUT2D eigenvalue weighted by molar-refractivity contribution is -0.396. The van der Waals surface area contributed by atoms with Gasteiger partial charge in [-0.15, -0.1) is 0 Å². The van der Waals surface area contributed by atoms with E-state index in [9.17, 15) is 10.1 Å². The van der Waals surface area contributed by atoms with Gasteiger partial charge in [0.2, 0.25) is 0 Å². The highest BCUT2D eigenvalue weighted by Gasteiger charge is 2.12. The maximum absolute atomic E-state index is 10.6. The molecule has 0 bridgehead atoms. The first kappa shape index (κ1) is 12.1. The first-order valence-electron chi connectivity index (χ1n) is 5.61. The minimum atomic E-state index is -0.488. The van der Waals surface area contributed by atoms with Crippen LogP contribution in [0.4, 0.5) is 5.95 Å². The molecule has 1 aromatic carbocycles. The number of para-hydroxylation sites is 1. The summed E-state index contributed by atoms with van der Waals surface area (Å²) in [4.78, 5) is 13.8. The molecule has 0 aliphatic rings. The lowest BCUT2D eigenvalue weighted by Gasteiger charge is -2.05. The molecular weight excluding hydrogens is 234 g/mol. The van der Waals surface area contributed by atoms with Gasteiger partial charge in [-0.3, -0.25) is 0 Å². The van der Waals surface area contributed by atoms with Gasteiger partial charge in [-0.05, 0) is 17.1 Å². The molecular formula is C12H13N3O3. The average molecular weight is 247 g/mol. The topological polar surface area (TPSA) is 70.2 Å². The molecule has 2 aromatic rings. The normalized spacial score (nSPS) is 10.2. The number of aryl methyl sites for hydroxylation is 1. The third-order valence-corrected chi connectivity index (χ3v) is 2.41. The molecule has 0 N–H and O–H groups in total. The molecule has 0 atom stereocenters. The van der Waals surface area contributed by atoms with E-state index >= 15 is 0 Å². The zero-order valence-electron chi connectivity index (χ0n) is 9.73. The Labute approximate surface area is 104 Å². The van der Waals surface area contributed by atoms with Crippen LogP contribution >= 0.6 is 0 Å². The summed E-state index contributed by atoms with van der Waals surface area (Å²) in [6.07, 6.45) is 3.71. The van der Waals surface area contributed by atoms with Crippen molar-refractivity contribution in [2.75, 3.05) is 6.61 Å². The van der Waals surface area contributed by atoms with Crippen LogP contribution in [0, 0.1) is 10.1 Å². The Hall–Kier alpha value is -2.37. The van der Waals surface area contributed by atoms with Gasteiger partial charge in [0, 0.05) is 6.42 Å². The molecule has 6 heteroatoms. The van der Waals surface area contributed by atoms with Gasteiger partial charge in [0.1, 0.15) is 18.1 Å². The van der Waals surface area contributed by atoms with E-state index in [2.05, 4.69) is 4.98 Å². The second-order valence-electron chi connectivity index (χ2n) is 3.69. The zero-order chi connectivity index (χ0) is 12.8. The molecule has 0 radical (unpaired) electrons. The van der Waals surface area contributed by atoms with Crippen LogP contribution in [0.25, 0.3) is 0 Å². The van der Waals surface area contributed by atoms with Crippen LogP contribution in [0.15, 0.2) is 42.7 Å². The van der Waals surface area contributed by atoms with Gasteiger partial charge in [-0.1, -0.05) is 23.2 Å². The molecule has 94 valence electrons. The van der Waals surface area contributed by atoms with Crippen molar-refractivity contribution in [1.82, 2.24) is 9.55 Å². The van der Waals surface area contributed by atoms with E-state index in [1.165, 1.54) is 10.8 Å². The van der Waals surface area contributed by atoms with Crippen LogP contribution in [0.2, 0.25) is 0 Å². The second-order valence-corrected chi connectivity index (χ2v) is 3.69. The van der Waals surface area contributed by atoms with E-state index in [1.807, 2.05) is 30.3 Å². The molecule has 0 fully saturated rings. The van der Waals surface area contributed by atoms with Crippen LogP contribution in [0.3, 0.4) is 0 Å². The lowest BCUT2D eigenvalue weighted by Crippen LogP contribution is -2.06. The Balaban J connectivity index is 1.79. The number of hydrogen-bond donors (Lipinski definition) is 0. The monoisotopic (exact) mass is 247 g/mol. The van der Waals surface area contributed by atoms with Crippen LogP contribution < -0.4 is 4.74 Å². The number of imidazole rings is 1. The number of rotatable bonds is 6. The molecule has 1 aromatic heterocycles. The number of hydrogen-bond acceptors (Lipinski definition) is 4. The molecule has 0 saturated heterocycles. The summed E-state index contributed by atoms with van der Waals surface area (Å²) in [7, 11) is 0. The van der Waals surface area contributed by atoms with E-state index in [0.717, 1.165) is 5.75 Å². The summed E-state index contributed by atoms with van der Waals surface area (Å²) >= 11 is 0. The Morgan fingerprint density at radius 2 is 2.11 bits per heavy atom. The van der Waals surface area contributed by atoms with Crippen molar-refractivity contribution in [2.45, 2.75) is 13.0 Å². The van der Waals surface area contributed by atoms with Crippen molar-refractivity contribution in [1.29, 1.82) is 0 Å². The predicted molar refractivity (Wildman–Crippen MR) is 65.4 cm³/mol. The molecule has 1 heterocycles. The number of nitrogens with zero attached hydrogens (tertiary/aromatic N) is 3. The maximum Gasteiger partial charge on any atom is 0.434 e. The molecule has 2 rings (SSSR count). The summed E-state index contributed by atoms with van der Waals surface area (Å²) in [5, 5.41) is 10.6. The first-order valence-corrected chi connectivity index (χ1v) is 5.61. The van der Waals surface area contributed by atoms with E-state index in [-0.39, 0.29) is 5.95 Å². The highest BCUT2D eigenvalue weighted by Crippen LogP contribution is 2.10. The SMILES string of the molecule is O=[N+]([O-])c1nccn1CCCOc1ccccc1. The van der Waals surface area contributed by atoms with Gasteiger partial charge in [-0.25, -0.2) is 4.57 Å². The number of nitro groups is 1. The van der Waals surface area contributed by atoms with Gasteiger partial charge >= 0.3 is 5.95 Å². The summed E-state index contributed by atoms with van der Waals surface area (Å²) in [5.41, 5.74) is 0. The van der Waals surface area contributed by atoms with Crippen LogP contribution in [0.5, 0.6) is 5.75 Å². The molecule has 0 unspecified atom stereocenters. The molecule has 0 aliphatic carbocycles. The summed E-state index contributed by atoms with van der Waals surface area (Å²) in [6.45, 7) is 1.03. The van der Waals surface area contributed by atoms with Gasteiger partial charge in [0.15, 0.2) is 0 Å².